The summed E-state index contributed by atoms with van der Waals surface area (Å²) in [5, 5.41) is 11.2. The first-order valence-electron chi connectivity index (χ1n) is 7.61. The Bertz CT molecular complexity index is 689. The maximum Gasteiger partial charge on any atom is 0.191 e. The lowest BCUT2D eigenvalue weighted by atomic mass is 10.1. The molecule has 0 aromatic carbocycles. The van der Waals surface area contributed by atoms with Crippen LogP contribution in [-0.4, -0.2) is 28.8 Å². The van der Waals surface area contributed by atoms with Crippen LogP contribution in [0.25, 0.3) is 0 Å². The topological polar surface area (TPSA) is 54.2 Å². The summed E-state index contributed by atoms with van der Waals surface area (Å²) >= 11 is 7.53. The number of aromatic nitrogens is 2. The maximum atomic E-state index is 5.95. The van der Waals surface area contributed by atoms with Gasteiger partial charge in [-0.1, -0.05) is 11.6 Å². The number of nitrogens with zero attached hydrogens (tertiary/aromatic N) is 3. The number of halogens is 1. The second kappa shape index (κ2) is 7.84. The number of aryl methyl sites for hydroxylation is 2. The molecule has 1 unspecified atom stereocenters. The van der Waals surface area contributed by atoms with Crippen molar-refractivity contribution in [2.45, 2.75) is 39.8 Å². The lowest BCUT2D eigenvalue weighted by molar-refractivity contribution is 0.636. The van der Waals surface area contributed by atoms with E-state index in [1.165, 1.54) is 16.1 Å². The highest BCUT2D eigenvalue weighted by atomic mass is 35.5. The molecule has 0 saturated carbocycles. The Morgan fingerprint density at radius 3 is 2.70 bits per heavy atom. The monoisotopic (exact) mass is 353 g/mol. The number of hydrogen-bond donors (Lipinski definition) is 2. The molecule has 0 fully saturated rings. The van der Waals surface area contributed by atoms with Crippen LogP contribution >= 0.6 is 22.9 Å². The molecule has 2 rings (SSSR count). The van der Waals surface area contributed by atoms with Crippen LogP contribution in [0.4, 0.5) is 0 Å². The molecule has 0 aliphatic rings. The maximum absolute atomic E-state index is 5.95. The largest absolute Gasteiger partial charge is 0.354 e. The SMILES string of the molecule is CN=C(NCc1ccc(Cl)s1)NC(C)Cc1c(C)nn(C)c1C. The van der Waals surface area contributed by atoms with Crippen LogP contribution < -0.4 is 10.6 Å². The van der Waals surface area contributed by atoms with Crippen molar-refractivity contribution in [3.8, 4) is 0 Å². The molecule has 0 radical (unpaired) electrons. The van der Waals surface area contributed by atoms with E-state index in [0.29, 0.717) is 6.54 Å². The molecule has 0 amide bonds. The Kier molecular flexibility index (Phi) is 6.07. The highest BCUT2D eigenvalue weighted by molar-refractivity contribution is 7.16. The third-order valence-corrected chi connectivity index (χ3v) is 5.07. The predicted molar refractivity (Wildman–Crippen MR) is 98.5 cm³/mol. The highest BCUT2D eigenvalue weighted by Crippen LogP contribution is 2.21. The van der Waals surface area contributed by atoms with Gasteiger partial charge in [0, 0.05) is 30.7 Å². The first-order chi connectivity index (χ1) is 10.9. The van der Waals surface area contributed by atoms with E-state index < -0.39 is 0 Å². The van der Waals surface area contributed by atoms with Gasteiger partial charge in [0.2, 0.25) is 0 Å². The van der Waals surface area contributed by atoms with Gasteiger partial charge in [-0.25, -0.2) is 0 Å². The molecule has 2 aromatic rings. The van der Waals surface area contributed by atoms with Crippen LogP contribution in [0.2, 0.25) is 4.34 Å². The standard InChI is InChI=1S/C16H24ClN5S/c1-10(8-14-11(2)21-22(5)12(14)3)20-16(18-4)19-9-13-6-7-15(17)23-13/h6-7,10H,8-9H2,1-5H3,(H2,18,19,20). The van der Waals surface area contributed by atoms with Crippen LogP contribution in [0.5, 0.6) is 0 Å². The van der Waals surface area contributed by atoms with E-state index in [1.807, 2.05) is 23.9 Å². The molecule has 2 N–H and O–H groups in total. The van der Waals surface area contributed by atoms with Crippen molar-refractivity contribution >= 4 is 28.9 Å². The van der Waals surface area contributed by atoms with Gasteiger partial charge >= 0.3 is 0 Å². The summed E-state index contributed by atoms with van der Waals surface area (Å²) in [5.41, 5.74) is 3.61. The lowest BCUT2D eigenvalue weighted by Crippen LogP contribution is -2.42. The molecular weight excluding hydrogens is 330 g/mol. The van der Waals surface area contributed by atoms with Gasteiger partial charge in [0.25, 0.3) is 0 Å². The number of rotatable bonds is 5. The molecule has 0 spiro atoms. The minimum Gasteiger partial charge on any atom is -0.354 e. The number of aliphatic imine (C=N–C) groups is 1. The summed E-state index contributed by atoms with van der Waals surface area (Å²) in [6.45, 7) is 7.04. The van der Waals surface area contributed by atoms with Crippen molar-refractivity contribution in [1.82, 2.24) is 20.4 Å². The minimum absolute atomic E-state index is 0.259. The Morgan fingerprint density at radius 1 is 1.43 bits per heavy atom. The second-order valence-corrected chi connectivity index (χ2v) is 7.45. The molecule has 7 heteroatoms. The molecule has 2 aromatic heterocycles. The van der Waals surface area contributed by atoms with E-state index in [-0.39, 0.29) is 6.04 Å². The quantitative estimate of drug-likeness (QED) is 0.641. The first-order valence-corrected chi connectivity index (χ1v) is 8.80. The molecule has 2 heterocycles. The average Bonchev–Trinajstić information content (AvgIpc) is 3.02. The molecule has 0 aliphatic carbocycles. The van der Waals surface area contributed by atoms with Gasteiger partial charge in [-0.2, -0.15) is 5.10 Å². The van der Waals surface area contributed by atoms with E-state index in [4.69, 9.17) is 11.6 Å². The average molecular weight is 354 g/mol. The van der Waals surface area contributed by atoms with Crippen LogP contribution in [0.15, 0.2) is 17.1 Å². The Morgan fingerprint density at radius 2 is 2.17 bits per heavy atom. The third-order valence-electron chi connectivity index (χ3n) is 3.83. The fraction of sp³-hybridized carbons (Fsp3) is 0.500. The molecule has 0 bridgehead atoms. The molecule has 23 heavy (non-hydrogen) atoms. The molecule has 0 saturated heterocycles. The summed E-state index contributed by atoms with van der Waals surface area (Å²) in [7, 11) is 3.76. The lowest BCUT2D eigenvalue weighted by Gasteiger charge is -2.18. The Labute approximate surface area is 146 Å². The summed E-state index contributed by atoms with van der Waals surface area (Å²) in [5.74, 6) is 0.793. The van der Waals surface area contributed by atoms with Crippen molar-refractivity contribution in [1.29, 1.82) is 0 Å². The molecule has 5 nitrogen and oxygen atoms in total. The summed E-state index contributed by atoms with van der Waals surface area (Å²) in [6.07, 6.45) is 0.914. The number of hydrogen-bond acceptors (Lipinski definition) is 3. The van der Waals surface area contributed by atoms with Gasteiger partial charge in [-0.05, 0) is 44.9 Å². The van der Waals surface area contributed by atoms with Gasteiger partial charge in [0.05, 0.1) is 16.6 Å². The van der Waals surface area contributed by atoms with E-state index in [9.17, 15) is 0 Å². The fourth-order valence-corrected chi connectivity index (χ4v) is 3.54. The highest BCUT2D eigenvalue weighted by Gasteiger charge is 2.14. The van der Waals surface area contributed by atoms with E-state index >= 15 is 0 Å². The van der Waals surface area contributed by atoms with Gasteiger partial charge in [0.15, 0.2) is 5.96 Å². The van der Waals surface area contributed by atoms with E-state index in [0.717, 1.165) is 22.4 Å². The van der Waals surface area contributed by atoms with Crippen molar-refractivity contribution in [2.24, 2.45) is 12.0 Å². The zero-order valence-corrected chi connectivity index (χ0v) is 15.8. The summed E-state index contributed by atoms with van der Waals surface area (Å²) < 4.78 is 2.74. The van der Waals surface area contributed by atoms with Crippen LogP contribution in [0.3, 0.4) is 0 Å². The molecule has 126 valence electrons. The van der Waals surface area contributed by atoms with Crippen LogP contribution in [0.1, 0.15) is 28.8 Å². The van der Waals surface area contributed by atoms with Crippen LogP contribution in [-0.2, 0) is 20.0 Å². The van der Waals surface area contributed by atoms with Crippen LogP contribution in [0, 0.1) is 13.8 Å². The van der Waals surface area contributed by atoms with Gasteiger partial charge in [-0.15, -0.1) is 11.3 Å². The summed E-state index contributed by atoms with van der Waals surface area (Å²) in [6, 6.07) is 4.20. The van der Waals surface area contributed by atoms with E-state index in [2.05, 4.69) is 41.5 Å². The van der Waals surface area contributed by atoms with Crippen molar-refractivity contribution < 1.29 is 0 Å². The number of nitrogens with one attached hydrogen (secondary N) is 2. The van der Waals surface area contributed by atoms with Crippen molar-refractivity contribution in [3.05, 3.63) is 38.3 Å². The smallest absolute Gasteiger partial charge is 0.191 e. The first kappa shape index (κ1) is 17.8. The second-order valence-electron chi connectivity index (χ2n) is 5.65. The molecule has 1 atom stereocenters. The minimum atomic E-state index is 0.259. The zero-order valence-electron chi connectivity index (χ0n) is 14.3. The fourth-order valence-electron chi connectivity index (χ4n) is 2.52. The van der Waals surface area contributed by atoms with Gasteiger partial charge in [0.1, 0.15) is 0 Å². The van der Waals surface area contributed by atoms with Gasteiger partial charge in [-0.3, -0.25) is 9.67 Å². The predicted octanol–water partition coefficient (Wildman–Crippen LogP) is 3.05. The third kappa shape index (κ3) is 4.72. The van der Waals surface area contributed by atoms with Crippen molar-refractivity contribution in [2.75, 3.05) is 7.05 Å². The normalized spacial score (nSPS) is 13.2. The number of thiophene rings is 1. The molecule has 0 aliphatic heterocycles. The zero-order chi connectivity index (χ0) is 17.0. The van der Waals surface area contributed by atoms with Crippen molar-refractivity contribution in [3.63, 3.8) is 0 Å². The molecular formula is C16H24ClN5S. The number of guanidine groups is 1. The Hall–Kier alpha value is -1.53. The van der Waals surface area contributed by atoms with E-state index in [1.54, 1.807) is 18.4 Å². The summed E-state index contributed by atoms with van der Waals surface area (Å²) in [4.78, 5) is 5.47. The van der Waals surface area contributed by atoms with Gasteiger partial charge < -0.3 is 10.6 Å². The Balaban J connectivity index is 1.90.